The summed E-state index contributed by atoms with van der Waals surface area (Å²) in [5, 5.41) is 33.3. The van der Waals surface area contributed by atoms with Crippen LogP contribution in [0.5, 0.6) is 0 Å². The smallest absolute Gasteiger partial charge is 0.480 e. The molecule has 2 heterocycles. The van der Waals surface area contributed by atoms with Crippen LogP contribution >= 0.6 is 0 Å². The third-order valence-electron chi connectivity index (χ3n) is 1.82. The van der Waals surface area contributed by atoms with Crippen molar-refractivity contribution in [2.75, 3.05) is 11.7 Å². The Hall–Kier alpha value is -1.92. The summed E-state index contributed by atoms with van der Waals surface area (Å²) in [6, 6.07) is 0. The number of rotatable bonds is 5. The first-order chi connectivity index (χ1) is 8.58. The van der Waals surface area contributed by atoms with Gasteiger partial charge in [-0.2, -0.15) is 9.80 Å². The summed E-state index contributed by atoms with van der Waals surface area (Å²) in [6.07, 6.45) is 2.34. The zero-order chi connectivity index (χ0) is 13.1. The van der Waals surface area contributed by atoms with E-state index in [0.29, 0.717) is 0 Å². The number of carboxylic acid groups (broad SMARTS) is 2. The molecule has 0 fully saturated rings. The van der Waals surface area contributed by atoms with Crippen LogP contribution in [0.2, 0.25) is 0 Å². The van der Waals surface area contributed by atoms with Gasteiger partial charge in [-0.05, 0) is 10.4 Å². The SMILES string of the molecule is O=C(O)CN1[C-]=NNN1c1nnnn1CC(=O)O.[Na+]. The monoisotopic (exact) mass is 278 g/mol. The van der Waals surface area contributed by atoms with Gasteiger partial charge in [-0.15, -0.1) is 0 Å². The van der Waals surface area contributed by atoms with E-state index in [0.717, 1.165) is 14.8 Å². The van der Waals surface area contributed by atoms with E-state index in [1.165, 1.54) is 0 Å². The number of aromatic nitrogens is 4. The molecule has 1 aromatic heterocycles. The molecule has 0 atom stereocenters. The molecule has 1 aromatic rings. The molecule has 13 heteroatoms. The van der Waals surface area contributed by atoms with Gasteiger partial charge in [-0.3, -0.25) is 9.59 Å². The number of nitrogens with zero attached hydrogens (tertiary/aromatic N) is 7. The Balaban J connectivity index is 0.00000180. The maximum Gasteiger partial charge on any atom is 1.00 e. The van der Waals surface area contributed by atoms with Crippen LogP contribution < -0.4 is 40.2 Å². The van der Waals surface area contributed by atoms with Crippen LogP contribution in [-0.4, -0.2) is 60.3 Å². The zero-order valence-corrected chi connectivity index (χ0v) is 11.8. The predicted octanol–water partition coefficient (Wildman–Crippen LogP) is -5.79. The van der Waals surface area contributed by atoms with E-state index in [1.807, 2.05) is 0 Å². The number of hydrazine groups is 2. The van der Waals surface area contributed by atoms with Gasteiger partial charge in [-0.25, -0.2) is 11.9 Å². The molecule has 0 radical (unpaired) electrons. The Bertz CT molecular complexity index is 503. The molecule has 0 amide bonds. The van der Waals surface area contributed by atoms with Gasteiger partial charge in [0.25, 0.3) is 5.95 Å². The minimum atomic E-state index is -1.14. The van der Waals surface area contributed by atoms with Crippen molar-refractivity contribution in [1.29, 1.82) is 0 Å². The van der Waals surface area contributed by atoms with Crippen LogP contribution in [-0.2, 0) is 16.1 Å². The van der Waals surface area contributed by atoms with Crippen molar-refractivity contribution in [2.45, 2.75) is 6.54 Å². The van der Waals surface area contributed by atoms with E-state index in [-0.39, 0.29) is 35.5 Å². The van der Waals surface area contributed by atoms with Gasteiger partial charge in [0.05, 0.1) is 0 Å². The molecule has 96 valence electrons. The number of nitrogens with one attached hydrogen (secondary N) is 1. The van der Waals surface area contributed by atoms with E-state index in [2.05, 4.69) is 32.5 Å². The number of hydrazone groups is 1. The van der Waals surface area contributed by atoms with Crippen molar-refractivity contribution < 1.29 is 49.4 Å². The molecule has 0 aliphatic carbocycles. The third kappa shape index (κ3) is 3.52. The number of hydrogen-bond acceptors (Lipinski definition) is 9. The first kappa shape index (κ1) is 15.1. The molecule has 0 unspecified atom stereocenters. The minimum absolute atomic E-state index is 0. The molecule has 0 saturated carbocycles. The Kier molecular flexibility index (Phi) is 5.02. The molecule has 12 nitrogen and oxygen atoms in total. The fourth-order valence-electron chi connectivity index (χ4n) is 1.20. The summed E-state index contributed by atoms with van der Waals surface area (Å²) in [5.74, 6) is -2.28. The second-order valence-corrected chi connectivity index (χ2v) is 3.11. The second-order valence-electron chi connectivity index (χ2n) is 3.11. The summed E-state index contributed by atoms with van der Waals surface area (Å²) in [7, 11) is 0. The van der Waals surface area contributed by atoms with Gasteiger partial charge in [-0.1, -0.05) is 5.10 Å². The van der Waals surface area contributed by atoms with E-state index >= 15 is 0 Å². The third-order valence-corrected chi connectivity index (χ3v) is 1.82. The Morgan fingerprint density at radius 2 is 1.95 bits per heavy atom. The predicted molar refractivity (Wildman–Crippen MR) is 52.8 cm³/mol. The zero-order valence-electron chi connectivity index (χ0n) is 9.76. The van der Waals surface area contributed by atoms with Crippen molar-refractivity contribution in [2.24, 2.45) is 5.10 Å². The summed E-state index contributed by atoms with van der Waals surface area (Å²) in [5.41, 5.74) is 2.38. The molecule has 1 aliphatic heterocycles. The average molecular weight is 278 g/mol. The van der Waals surface area contributed by atoms with Gasteiger partial charge in [0.2, 0.25) is 0 Å². The van der Waals surface area contributed by atoms with Crippen LogP contribution in [0.4, 0.5) is 5.95 Å². The average Bonchev–Trinajstić information content (AvgIpc) is 2.85. The quantitative estimate of drug-likeness (QED) is 0.351. The van der Waals surface area contributed by atoms with Crippen molar-refractivity contribution in [1.82, 2.24) is 30.8 Å². The van der Waals surface area contributed by atoms with Crippen LogP contribution in [0.3, 0.4) is 0 Å². The minimum Gasteiger partial charge on any atom is -0.480 e. The van der Waals surface area contributed by atoms with E-state index in [1.54, 1.807) is 0 Å². The summed E-state index contributed by atoms with van der Waals surface area (Å²) in [4.78, 5) is 21.2. The summed E-state index contributed by atoms with van der Waals surface area (Å²) >= 11 is 0. The molecule has 1 aliphatic rings. The Morgan fingerprint density at radius 3 is 2.58 bits per heavy atom. The molecular formula is C6H7N8NaO4. The van der Waals surface area contributed by atoms with Crippen LogP contribution in [0.1, 0.15) is 0 Å². The Morgan fingerprint density at radius 1 is 1.26 bits per heavy atom. The van der Waals surface area contributed by atoms with E-state index in [9.17, 15) is 9.59 Å². The van der Waals surface area contributed by atoms with E-state index in [4.69, 9.17) is 10.2 Å². The first-order valence-corrected chi connectivity index (χ1v) is 4.56. The molecular weight excluding hydrogens is 271 g/mol. The van der Waals surface area contributed by atoms with Gasteiger partial charge in [0.1, 0.15) is 13.1 Å². The molecule has 0 saturated heterocycles. The maximum atomic E-state index is 10.6. The van der Waals surface area contributed by atoms with Gasteiger partial charge in [0.15, 0.2) is 0 Å². The van der Waals surface area contributed by atoms with Crippen molar-refractivity contribution in [3.8, 4) is 0 Å². The van der Waals surface area contributed by atoms with Crippen molar-refractivity contribution >= 4 is 24.2 Å². The first-order valence-electron chi connectivity index (χ1n) is 4.56. The van der Waals surface area contributed by atoms with Gasteiger partial charge >= 0.3 is 41.5 Å². The molecule has 3 N–H and O–H groups in total. The molecule has 19 heavy (non-hydrogen) atoms. The number of tetrazole rings is 1. The van der Waals surface area contributed by atoms with Crippen LogP contribution in [0.15, 0.2) is 5.10 Å². The number of carboxylic acids is 2. The van der Waals surface area contributed by atoms with Gasteiger partial charge in [0, 0.05) is 0 Å². The van der Waals surface area contributed by atoms with Crippen LogP contribution in [0, 0.1) is 0 Å². The normalized spacial score (nSPS) is 13.1. The summed E-state index contributed by atoms with van der Waals surface area (Å²) in [6.45, 7) is -0.905. The topological polar surface area (TPSA) is 149 Å². The van der Waals surface area contributed by atoms with Crippen LogP contribution in [0.25, 0.3) is 0 Å². The molecule has 2 rings (SSSR count). The van der Waals surface area contributed by atoms with Crippen molar-refractivity contribution in [3.63, 3.8) is 0 Å². The maximum absolute atomic E-state index is 10.6. The van der Waals surface area contributed by atoms with E-state index < -0.39 is 25.0 Å². The fourth-order valence-corrected chi connectivity index (χ4v) is 1.20. The Labute approximate surface area is 127 Å². The fraction of sp³-hybridized carbons (Fsp3) is 0.333. The largest absolute Gasteiger partial charge is 1.00 e. The standard InChI is InChI=1S/C6H7N8O4.Na/c15-4(16)1-12-3-7-10-14(12)6-8-9-11-13(6)2-5(17)18;/h10H,1-2H2,(H,15,16)(H,17,18);/q-1;+1. The number of aliphatic carboxylic acids is 2. The number of carbonyl (C=O) groups is 2. The second kappa shape index (κ2) is 6.31. The summed E-state index contributed by atoms with van der Waals surface area (Å²) < 4.78 is 0.965. The number of anilines is 1. The molecule has 0 bridgehead atoms. The van der Waals surface area contributed by atoms with Crippen molar-refractivity contribution in [3.05, 3.63) is 0 Å². The molecule has 0 aromatic carbocycles. The number of hydrogen-bond donors (Lipinski definition) is 3. The van der Waals surface area contributed by atoms with Gasteiger partial charge < -0.3 is 20.3 Å². The molecule has 0 spiro atoms.